The van der Waals surface area contributed by atoms with Crippen LogP contribution in [0.25, 0.3) is 0 Å². The van der Waals surface area contributed by atoms with Crippen LogP contribution in [0.2, 0.25) is 0 Å². The summed E-state index contributed by atoms with van der Waals surface area (Å²) in [5.74, 6) is -0.292. The Kier molecular flexibility index (Phi) is 6.23. The second kappa shape index (κ2) is 7.94. The van der Waals surface area contributed by atoms with Gasteiger partial charge in [-0.2, -0.15) is 0 Å². The number of amides is 2. The number of carbonyl (C=O) groups is 1. The number of hydrogen-bond acceptors (Lipinski definition) is 1. The Labute approximate surface area is 118 Å². The van der Waals surface area contributed by atoms with Crippen molar-refractivity contribution in [1.29, 1.82) is 0 Å². The minimum absolute atomic E-state index is 0.292. The Bertz CT molecular complexity index is 530. The van der Waals surface area contributed by atoms with Crippen LogP contribution >= 0.6 is 0 Å². The van der Waals surface area contributed by atoms with Crippen LogP contribution in [0.4, 0.5) is 9.18 Å². The molecular weight excluding hydrogens is 255 g/mol. The molecule has 0 unspecified atom stereocenters. The number of allylic oxidation sites excluding steroid dienone is 4. The number of halogens is 1. The highest BCUT2D eigenvalue weighted by Gasteiger charge is 2.01. The van der Waals surface area contributed by atoms with E-state index < -0.39 is 0 Å². The van der Waals surface area contributed by atoms with Crippen molar-refractivity contribution in [1.82, 2.24) is 10.6 Å². The summed E-state index contributed by atoms with van der Waals surface area (Å²) in [6, 6.07) is 5.68. The van der Waals surface area contributed by atoms with E-state index in [4.69, 9.17) is 0 Å². The molecule has 0 aliphatic heterocycles. The van der Waals surface area contributed by atoms with Gasteiger partial charge in [0.25, 0.3) is 0 Å². The highest BCUT2D eigenvalue weighted by Crippen LogP contribution is 2.02. The molecule has 0 aliphatic rings. The molecule has 106 valence electrons. The minimum atomic E-state index is -0.311. The van der Waals surface area contributed by atoms with Gasteiger partial charge < -0.3 is 10.6 Å². The van der Waals surface area contributed by atoms with Crippen LogP contribution in [0, 0.1) is 5.82 Å². The molecule has 1 aromatic rings. The molecule has 2 N–H and O–H groups in total. The van der Waals surface area contributed by atoms with E-state index in [1.54, 1.807) is 24.3 Å². The smallest absolute Gasteiger partial charge is 0.319 e. The second-order valence-electron chi connectivity index (χ2n) is 4.36. The van der Waals surface area contributed by atoms with Crippen LogP contribution in [-0.2, 0) is 6.54 Å². The molecule has 0 saturated heterocycles. The molecule has 0 heterocycles. The fraction of sp³-hybridized carbons (Fsp3) is 0.188. The molecule has 0 fully saturated rings. The van der Waals surface area contributed by atoms with Gasteiger partial charge in [-0.25, -0.2) is 9.18 Å². The van der Waals surface area contributed by atoms with Crippen molar-refractivity contribution in [3.63, 3.8) is 0 Å². The number of nitrogens with one attached hydrogen (secondary N) is 2. The van der Waals surface area contributed by atoms with Gasteiger partial charge >= 0.3 is 6.03 Å². The molecule has 1 rings (SSSR count). The van der Waals surface area contributed by atoms with Crippen LogP contribution in [0.5, 0.6) is 0 Å². The van der Waals surface area contributed by atoms with Crippen LogP contribution in [-0.4, -0.2) is 6.03 Å². The van der Waals surface area contributed by atoms with Gasteiger partial charge in [-0.1, -0.05) is 36.4 Å². The van der Waals surface area contributed by atoms with E-state index in [1.807, 2.05) is 19.9 Å². The molecule has 0 bridgehead atoms. The lowest BCUT2D eigenvalue weighted by molar-refractivity contribution is 0.243. The van der Waals surface area contributed by atoms with Crippen LogP contribution in [0.1, 0.15) is 19.4 Å². The summed E-state index contributed by atoms with van der Waals surface area (Å²) in [6.45, 7) is 7.80. The summed E-state index contributed by atoms with van der Waals surface area (Å²) in [7, 11) is 0. The number of urea groups is 1. The SMILES string of the molecule is C=C(C)/C=C\C(=C/C)NC(=O)NCc1ccc(F)cc1. The third-order valence-corrected chi connectivity index (χ3v) is 2.48. The van der Waals surface area contributed by atoms with Crippen molar-refractivity contribution >= 4 is 6.03 Å². The quantitative estimate of drug-likeness (QED) is 0.790. The van der Waals surface area contributed by atoms with Crippen molar-refractivity contribution in [2.45, 2.75) is 20.4 Å². The third kappa shape index (κ3) is 6.00. The molecule has 0 spiro atoms. The fourth-order valence-electron chi connectivity index (χ4n) is 1.40. The number of carbonyl (C=O) groups excluding carboxylic acids is 1. The standard InChI is InChI=1S/C16H19FN2O/c1-4-15(10-5-12(2)3)19-16(20)18-11-13-6-8-14(17)9-7-13/h4-10H,2,11H2,1,3H3,(H2,18,19,20)/b10-5-,15-4+. The zero-order valence-corrected chi connectivity index (χ0v) is 11.7. The van der Waals surface area contributed by atoms with Crippen molar-refractivity contribution < 1.29 is 9.18 Å². The van der Waals surface area contributed by atoms with Gasteiger partial charge in [0.05, 0.1) is 0 Å². The van der Waals surface area contributed by atoms with Gasteiger partial charge in [-0.05, 0) is 37.6 Å². The molecule has 20 heavy (non-hydrogen) atoms. The molecule has 0 aliphatic carbocycles. The van der Waals surface area contributed by atoms with E-state index >= 15 is 0 Å². The zero-order chi connectivity index (χ0) is 15.0. The summed E-state index contributed by atoms with van der Waals surface area (Å²) < 4.78 is 12.7. The lowest BCUT2D eigenvalue weighted by atomic mass is 10.2. The summed E-state index contributed by atoms with van der Waals surface area (Å²) in [4.78, 5) is 11.7. The summed E-state index contributed by atoms with van der Waals surface area (Å²) in [5, 5.41) is 5.41. The summed E-state index contributed by atoms with van der Waals surface area (Å²) in [5.41, 5.74) is 2.42. The highest BCUT2D eigenvalue weighted by atomic mass is 19.1. The molecule has 0 atom stereocenters. The van der Waals surface area contributed by atoms with Gasteiger partial charge in [-0.3, -0.25) is 0 Å². The monoisotopic (exact) mass is 274 g/mol. The topological polar surface area (TPSA) is 41.1 Å². The van der Waals surface area contributed by atoms with Crippen molar-refractivity contribution in [3.8, 4) is 0 Å². The zero-order valence-electron chi connectivity index (χ0n) is 11.7. The van der Waals surface area contributed by atoms with Gasteiger partial charge in [-0.15, -0.1) is 0 Å². The van der Waals surface area contributed by atoms with E-state index in [-0.39, 0.29) is 11.8 Å². The maximum atomic E-state index is 12.7. The molecule has 2 amide bonds. The van der Waals surface area contributed by atoms with Crippen molar-refractivity contribution in [3.05, 3.63) is 71.7 Å². The summed E-state index contributed by atoms with van der Waals surface area (Å²) >= 11 is 0. The first-order chi connectivity index (χ1) is 9.51. The minimum Gasteiger partial charge on any atom is -0.334 e. The lowest BCUT2D eigenvalue weighted by Gasteiger charge is -2.08. The Balaban J connectivity index is 2.46. The van der Waals surface area contributed by atoms with E-state index in [1.165, 1.54) is 12.1 Å². The Morgan fingerprint density at radius 1 is 1.30 bits per heavy atom. The maximum absolute atomic E-state index is 12.7. The molecule has 3 nitrogen and oxygen atoms in total. The number of hydrogen-bond donors (Lipinski definition) is 2. The number of benzene rings is 1. The first kappa shape index (κ1) is 15.7. The average Bonchev–Trinajstić information content (AvgIpc) is 2.42. The van der Waals surface area contributed by atoms with Gasteiger partial charge in [0.1, 0.15) is 5.82 Å². The largest absolute Gasteiger partial charge is 0.334 e. The van der Waals surface area contributed by atoms with Crippen molar-refractivity contribution in [2.75, 3.05) is 0 Å². The molecule has 0 saturated carbocycles. The average molecular weight is 274 g/mol. The normalized spacial score (nSPS) is 11.4. The second-order valence-corrected chi connectivity index (χ2v) is 4.36. The Morgan fingerprint density at radius 3 is 2.50 bits per heavy atom. The van der Waals surface area contributed by atoms with E-state index in [0.717, 1.165) is 11.1 Å². The van der Waals surface area contributed by atoms with E-state index in [0.29, 0.717) is 12.2 Å². The molecule has 0 aromatic heterocycles. The van der Waals surface area contributed by atoms with Gasteiger partial charge in [0, 0.05) is 12.2 Å². The Hall–Kier alpha value is -2.36. The lowest BCUT2D eigenvalue weighted by Crippen LogP contribution is -2.34. The van der Waals surface area contributed by atoms with Gasteiger partial charge in [0.15, 0.2) is 0 Å². The summed E-state index contributed by atoms with van der Waals surface area (Å²) in [6.07, 6.45) is 5.38. The van der Waals surface area contributed by atoms with E-state index in [9.17, 15) is 9.18 Å². The molecule has 4 heteroatoms. The van der Waals surface area contributed by atoms with Crippen LogP contribution in [0.3, 0.4) is 0 Å². The van der Waals surface area contributed by atoms with Gasteiger partial charge in [0.2, 0.25) is 0 Å². The van der Waals surface area contributed by atoms with Crippen LogP contribution in [0.15, 0.2) is 60.3 Å². The van der Waals surface area contributed by atoms with Crippen molar-refractivity contribution in [2.24, 2.45) is 0 Å². The highest BCUT2D eigenvalue weighted by molar-refractivity contribution is 5.76. The maximum Gasteiger partial charge on any atom is 0.319 e. The third-order valence-electron chi connectivity index (χ3n) is 2.48. The molecule has 0 radical (unpaired) electrons. The first-order valence-corrected chi connectivity index (χ1v) is 6.30. The fourth-order valence-corrected chi connectivity index (χ4v) is 1.40. The first-order valence-electron chi connectivity index (χ1n) is 6.30. The molecule has 1 aromatic carbocycles. The Morgan fingerprint density at radius 2 is 1.95 bits per heavy atom. The van der Waals surface area contributed by atoms with Crippen LogP contribution < -0.4 is 10.6 Å². The number of rotatable bonds is 5. The predicted molar refractivity (Wildman–Crippen MR) is 79.5 cm³/mol. The van der Waals surface area contributed by atoms with E-state index in [2.05, 4.69) is 17.2 Å². The predicted octanol–water partition coefficient (Wildman–Crippen LogP) is 3.66. The molecular formula is C16H19FN2O.